The number of aliphatic hydroxyl groups is 1. The maximum absolute atomic E-state index is 15.0. The summed E-state index contributed by atoms with van der Waals surface area (Å²) in [5.74, 6) is -8.99. The van der Waals surface area contributed by atoms with Crippen LogP contribution in [0.15, 0.2) is 96.1 Å². The summed E-state index contributed by atoms with van der Waals surface area (Å²) in [6.45, 7) is 10.2. The number of hydrogen-bond donors (Lipinski definition) is 16. The maximum atomic E-state index is 15.0. The molecule has 1 heterocycles. The molecule has 0 radical (unpaired) electrons. The van der Waals surface area contributed by atoms with Crippen molar-refractivity contribution >= 4 is 87.8 Å². The molecule has 1 aromatic heterocycles. The fourth-order valence-corrected chi connectivity index (χ4v) is 10.8. The van der Waals surface area contributed by atoms with Crippen molar-refractivity contribution in [2.75, 3.05) is 31.7 Å². The minimum absolute atomic E-state index is 0.0376. The number of nitrogens with zero attached hydrogens (tertiary/aromatic N) is 1. The highest BCUT2D eigenvalue weighted by atomic mass is 32.2. The van der Waals surface area contributed by atoms with Crippen molar-refractivity contribution in [1.29, 1.82) is 0 Å². The van der Waals surface area contributed by atoms with Gasteiger partial charge in [-0.2, -0.15) is 11.8 Å². The number of benzene rings is 3. The Labute approximate surface area is 554 Å². The minimum Gasteiger partial charge on any atom is -0.480 e. The molecule has 516 valence electrons. The number of guanidine groups is 1. The molecule has 27 nitrogen and oxygen atoms in total. The number of H-pyrrole nitrogens is 1. The van der Waals surface area contributed by atoms with Crippen molar-refractivity contribution < 1.29 is 58.2 Å². The van der Waals surface area contributed by atoms with Gasteiger partial charge >= 0.3 is 5.97 Å². The van der Waals surface area contributed by atoms with Crippen molar-refractivity contribution in [3.8, 4) is 0 Å². The van der Waals surface area contributed by atoms with Crippen molar-refractivity contribution in [2.24, 2.45) is 45.7 Å². The number of carboxylic acids is 1. The van der Waals surface area contributed by atoms with Crippen molar-refractivity contribution in [3.63, 3.8) is 0 Å². The summed E-state index contributed by atoms with van der Waals surface area (Å²) in [4.78, 5) is 149. The first kappa shape index (κ1) is 77.8. The number of carbonyl (C=O) groups is 10. The highest BCUT2D eigenvalue weighted by Gasteiger charge is 2.37. The number of thioether (sulfide) groups is 1. The van der Waals surface area contributed by atoms with Crippen LogP contribution in [0.5, 0.6) is 0 Å². The molecule has 0 unspecified atom stereocenters. The largest absolute Gasteiger partial charge is 0.480 e. The number of fused-ring (bicyclic) bond motifs is 1. The number of nitrogens with one attached hydrogen (secondary N) is 10. The molecule has 0 aliphatic rings. The highest BCUT2D eigenvalue weighted by Crippen LogP contribution is 2.21. The van der Waals surface area contributed by atoms with Crippen LogP contribution in [0.2, 0.25) is 0 Å². The van der Waals surface area contributed by atoms with Crippen LogP contribution in [0.25, 0.3) is 10.9 Å². The summed E-state index contributed by atoms with van der Waals surface area (Å²) < 4.78 is 0. The third-order valence-corrected chi connectivity index (χ3v) is 16.1. The van der Waals surface area contributed by atoms with Gasteiger partial charge in [0.25, 0.3) is 0 Å². The van der Waals surface area contributed by atoms with E-state index in [0.29, 0.717) is 41.8 Å². The maximum Gasteiger partial charge on any atom is 0.326 e. The zero-order valence-corrected chi connectivity index (χ0v) is 55.7. The van der Waals surface area contributed by atoms with Crippen LogP contribution in [0.1, 0.15) is 110 Å². The van der Waals surface area contributed by atoms with Gasteiger partial charge < -0.3 is 86.0 Å². The molecule has 20 N–H and O–H groups in total. The number of aromatic amines is 1. The van der Waals surface area contributed by atoms with Gasteiger partial charge in [-0.25, -0.2) is 4.79 Å². The van der Waals surface area contributed by atoms with E-state index in [9.17, 15) is 53.4 Å². The monoisotopic (exact) mass is 1330 g/mol. The van der Waals surface area contributed by atoms with Gasteiger partial charge in [-0.05, 0) is 110 Å². The second-order valence-corrected chi connectivity index (χ2v) is 25.5. The SMILES string of the molecule is CSCC[C@H](NC(=O)[C@H](Cc1ccccc1)NC(=O)[C@H](Cc1ccccc1)NC(=O)[C@H](CC(C)C)NC(=O)[C@H](CCCN=C(N)N)NC(=O)[C@H](CC(C)C)NC(=O)[C@H](CCCCN)NC(=O)[C@@H](N)CO)C(=O)N[C@@H](Cc1c[nH]c2ccccc12)C(=O)N[C@H](C(=O)O)C(C)C. The predicted molar refractivity (Wildman–Crippen MR) is 362 cm³/mol. The minimum atomic E-state index is -1.40. The smallest absolute Gasteiger partial charge is 0.326 e. The highest BCUT2D eigenvalue weighted by molar-refractivity contribution is 7.98. The van der Waals surface area contributed by atoms with Crippen LogP contribution in [0.4, 0.5) is 0 Å². The molecule has 94 heavy (non-hydrogen) atoms. The molecule has 3 aromatic carbocycles. The number of amides is 9. The number of aliphatic hydroxyl groups excluding tert-OH is 1. The lowest BCUT2D eigenvalue weighted by Gasteiger charge is -2.29. The molecule has 0 saturated heterocycles. The molecule has 4 rings (SSSR count). The number of carbonyl (C=O) groups excluding carboxylic acids is 9. The number of aliphatic carboxylic acids is 1. The van der Waals surface area contributed by atoms with Crippen molar-refractivity contribution in [2.45, 2.75) is 173 Å². The Morgan fingerprint density at radius 2 is 0.915 bits per heavy atom. The topological polar surface area (TPSA) is 452 Å². The number of para-hydroxylation sites is 1. The van der Waals surface area contributed by atoms with E-state index in [1.165, 1.54) is 11.8 Å². The average molecular weight is 1330 g/mol. The normalized spacial score (nSPS) is 14.5. The number of aromatic nitrogens is 1. The van der Waals surface area contributed by atoms with E-state index in [2.05, 4.69) is 57.8 Å². The average Bonchev–Trinajstić information content (AvgIpc) is 1.61. The first-order valence-corrected chi connectivity index (χ1v) is 33.3. The van der Waals surface area contributed by atoms with Gasteiger partial charge in [0.05, 0.1) is 6.61 Å². The summed E-state index contributed by atoms with van der Waals surface area (Å²) in [5, 5.41) is 45.1. The van der Waals surface area contributed by atoms with Gasteiger partial charge in [-0.15, -0.1) is 0 Å². The molecule has 4 aromatic rings. The molecule has 0 aliphatic carbocycles. The van der Waals surface area contributed by atoms with Gasteiger partial charge in [-0.1, -0.05) is 120 Å². The third kappa shape index (κ3) is 26.8. The van der Waals surface area contributed by atoms with E-state index < -0.39 is 132 Å². The Bertz CT molecular complexity index is 3130. The number of nitrogens with two attached hydrogens (primary N) is 4. The fraction of sp³-hybridized carbons (Fsp3) is 0.530. The van der Waals surface area contributed by atoms with Crippen LogP contribution in [-0.4, -0.2) is 172 Å². The second-order valence-electron chi connectivity index (χ2n) is 24.6. The Balaban J connectivity index is 1.68. The van der Waals surface area contributed by atoms with Crippen molar-refractivity contribution in [3.05, 3.63) is 108 Å². The molecule has 0 saturated carbocycles. The molecule has 0 fully saturated rings. The van der Waals surface area contributed by atoms with Crippen LogP contribution in [0, 0.1) is 17.8 Å². The molecular weight excluding hydrogens is 1230 g/mol. The lowest BCUT2D eigenvalue weighted by atomic mass is 9.99. The van der Waals surface area contributed by atoms with Crippen LogP contribution in [-0.2, 0) is 67.2 Å². The van der Waals surface area contributed by atoms with E-state index in [-0.39, 0.29) is 82.1 Å². The number of unbranched alkanes of at least 4 members (excludes halogenated alkanes) is 1. The summed E-state index contributed by atoms with van der Waals surface area (Å²) in [5.41, 5.74) is 25.3. The van der Waals surface area contributed by atoms with Crippen molar-refractivity contribution in [1.82, 2.24) is 52.8 Å². The molecule has 0 aliphatic heterocycles. The lowest BCUT2D eigenvalue weighted by Crippen LogP contribution is -2.61. The zero-order chi connectivity index (χ0) is 69.4. The van der Waals surface area contributed by atoms with Gasteiger partial charge in [0, 0.05) is 42.9 Å². The van der Waals surface area contributed by atoms with Crippen LogP contribution >= 0.6 is 11.8 Å². The van der Waals surface area contributed by atoms with Gasteiger partial charge in [0.2, 0.25) is 53.2 Å². The fourth-order valence-electron chi connectivity index (χ4n) is 10.3. The number of rotatable bonds is 42. The number of hydrogen-bond acceptors (Lipinski definition) is 15. The summed E-state index contributed by atoms with van der Waals surface area (Å²) in [6, 6.07) is 11.8. The van der Waals surface area contributed by atoms with E-state index >= 15 is 4.79 Å². The van der Waals surface area contributed by atoms with E-state index in [1.54, 1.807) is 80.7 Å². The molecule has 9 amide bonds. The molecule has 0 bridgehead atoms. The third-order valence-electron chi connectivity index (χ3n) is 15.4. The Morgan fingerprint density at radius 3 is 1.36 bits per heavy atom. The molecular formula is C66H99N15O12S. The number of carboxylic acid groups (broad SMARTS) is 1. The van der Waals surface area contributed by atoms with Gasteiger partial charge in [0.15, 0.2) is 5.96 Å². The predicted octanol–water partition coefficient (Wildman–Crippen LogP) is 0.647. The summed E-state index contributed by atoms with van der Waals surface area (Å²) in [7, 11) is 0. The lowest BCUT2D eigenvalue weighted by molar-refractivity contribution is -0.143. The Kier molecular flexibility index (Phi) is 33.5. The number of aliphatic imine (C=N–C) groups is 1. The molecule has 10 atom stereocenters. The van der Waals surface area contributed by atoms with Crippen LogP contribution in [0.3, 0.4) is 0 Å². The van der Waals surface area contributed by atoms with Gasteiger partial charge in [0.1, 0.15) is 60.4 Å². The first-order chi connectivity index (χ1) is 44.7. The quantitative estimate of drug-likeness (QED) is 0.0164. The second kappa shape index (κ2) is 40.5. The Hall–Kier alpha value is -8.60. The first-order valence-electron chi connectivity index (χ1n) is 31.9. The standard InChI is InChI=1S/C66H99N15O12S/c1-38(2)31-50(76-57(84)47(25-16-17-28-67)73-56(83)45(68)37-82)60(87)74-48(26-18-29-71-66(69)70)58(85)77-51(32-39(3)4)61(88)78-53(34-42-21-12-9-13-22-42)63(90)79-52(33-41-19-10-8-11-20-41)62(89)75-49(27-30-94-7)59(86)80-54(64(91)81-55(40(5)6)65(92)93)35-43-36-72-46-24-15-14-23-44(43)46/h8-15,19-24,36,38-40,45,47-55,72,82H,16-18,25-35,37,67-68H2,1-7H3,(H,73,83)(H,74,87)(H,75,89)(H,76,84)(H,77,85)(H,78,88)(H,79,90)(H,80,86)(H,81,91)(H,92,93)(H4,69,70,71)/t45-,47-,48-,49-,50-,51-,52-,53-,54-,55-/m0/s1. The van der Waals surface area contributed by atoms with E-state index in [1.807, 2.05) is 58.2 Å². The van der Waals surface area contributed by atoms with E-state index in [4.69, 9.17) is 22.9 Å². The van der Waals surface area contributed by atoms with E-state index in [0.717, 1.165) is 10.9 Å². The summed E-state index contributed by atoms with van der Waals surface area (Å²) >= 11 is 1.40. The molecule has 28 heteroatoms. The summed E-state index contributed by atoms with van der Waals surface area (Å²) in [6.07, 6.45) is 4.66. The van der Waals surface area contributed by atoms with Gasteiger partial charge in [-0.3, -0.25) is 48.1 Å². The molecule has 0 spiro atoms. The zero-order valence-electron chi connectivity index (χ0n) is 54.9. The Morgan fingerprint density at radius 1 is 0.511 bits per heavy atom. The van der Waals surface area contributed by atoms with Crippen LogP contribution < -0.4 is 70.8 Å².